The molecule has 1 spiro atoms. The molecule has 2 aliphatic heterocycles. The Labute approximate surface area is 200 Å². The molecule has 0 bridgehead atoms. The average molecular weight is 470 g/mol. The van der Waals surface area contributed by atoms with Gasteiger partial charge in [0.25, 0.3) is 0 Å². The number of halogens is 2. The Hall–Kier alpha value is -2.67. The molecule has 7 heteroatoms. The van der Waals surface area contributed by atoms with Crippen molar-refractivity contribution < 1.29 is 18.3 Å². The molecule has 2 atom stereocenters. The lowest BCUT2D eigenvalue weighted by atomic mass is 9.63. The van der Waals surface area contributed by atoms with E-state index < -0.39 is 22.5 Å². The van der Waals surface area contributed by atoms with E-state index in [9.17, 15) is 13.6 Å². The normalized spacial score (nSPS) is 27.9. The van der Waals surface area contributed by atoms with Gasteiger partial charge in [0, 0.05) is 24.7 Å². The summed E-state index contributed by atoms with van der Waals surface area (Å²) in [4.78, 5) is 15.8. The fraction of sp³-hybridized carbons (Fsp3) is 0.519. The van der Waals surface area contributed by atoms with Gasteiger partial charge in [-0.3, -0.25) is 4.79 Å². The second-order valence-corrected chi connectivity index (χ2v) is 10.7. The third kappa shape index (κ3) is 3.94. The summed E-state index contributed by atoms with van der Waals surface area (Å²) in [5, 5.41) is 7.76. The van der Waals surface area contributed by atoms with Gasteiger partial charge in [0.1, 0.15) is 11.6 Å². The number of carbonyl (C=O) groups excluding carboxylic acids is 1. The van der Waals surface area contributed by atoms with Crippen LogP contribution < -0.4 is 0 Å². The molecule has 1 amide bonds. The van der Waals surface area contributed by atoms with Crippen LogP contribution in [-0.4, -0.2) is 37.1 Å². The molecule has 0 N–H and O–H groups in total. The summed E-state index contributed by atoms with van der Waals surface area (Å²) in [6.45, 7) is 16.9. The third-order valence-electron chi connectivity index (χ3n) is 8.48. The predicted molar refractivity (Wildman–Crippen MR) is 128 cm³/mol. The van der Waals surface area contributed by atoms with Crippen molar-refractivity contribution in [3.63, 3.8) is 0 Å². The Kier molecular flexibility index (Phi) is 6.36. The molecule has 3 fully saturated rings. The fourth-order valence-electron chi connectivity index (χ4n) is 5.89. The molecular weight excluding hydrogens is 436 g/mol. The molecule has 1 saturated carbocycles. The Balaban J connectivity index is 1.60. The smallest absolute Gasteiger partial charge is 0.229 e. The minimum Gasteiger partial charge on any atom is -0.380 e. The number of hydrogen-bond donors (Lipinski definition) is 0. The lowest BCUT2D eigenvalue weighted by Crippen LogP contribution is -2.51. The van der Waals surface area contributed by atoms with E-state index in [4.69, 9.17) is 4.74 Å². The standard InChI is InChI=1S/C27H33F2N3O2/c1-6-30-31-22(23-20(28)8-7-9-21(23)29)14-18(2)19-10-11-26(5,25(19,3)4)24(33)32-13-12-27(15-32)16-34-17-27/h6-9,14,19H,1-2,10-13,15-17H2,3-5H3/b22-14-,31-30?/t19?,26-/m1/s1. The lowest BCUT2D eigenvalue weighted by molar-refractivity contribution is -0.149. The maximum absolute atomic E-state index is 14.5. The zero-order valence-corrected chi connectivity index (χ0v) is 20.2. The summed E-state index contributed by atoms with van der Waals surface area (Å²) < 4.78 is 34.4. The van der Waals surface area contributed by atoms with Crippen LogP contribution in [0.1, 0.15) is 45.6 Å². The third-order valence-corrected chi connectivity index (χ3v) is 8.48. The van der Waals surface area contributed by atoms with Gasteiger partial charge in [-0.15, -0.1) is 0 Å². The van der Waals surface area contributed by atoms with E-state index in [1.807, 2.05) is 11.8 Å². The molecule has 3 aliphatic rings. The minimum atomic E-state index is -0.726. The highest BCUT2D eigenvalue weighted by atomic mass is 19.1. The molecule has 1 unspecified atom stereocenters. The molecule has 4 rings (SSSR count). The molecule has 34 heavy (non-hydrogen) atoms. The molecule has 0 aromatic heterocycles. The zero-order chi connectivity index (χ0) is 24.7. The summed E-state index contributed by atoms with van der Waals surface area (Å²) in [7, 11) is 0. The highest BCUT2D eigenvalue weighted by Crippen LogP contribution is 2.59. The van der Waals surface area contributed by atoms with E-state index in [1.54, 1.807) is 6.08 Å². The van der Waals surface area contributed by atoms with Crippen LogP contribution in [0.25, 0.3) is 5.70 Å². The summed E-state index contributed by atoms with van der Waals surface area (Å²) in [5.74, 6) is -1.34. The number of likely N-dealkylation sites (tertiary alicyclic amines) is 1. The Bertz CT molecular complexity index is 1050. The molecule has 2 saturated heterocycles. The van der Waals surface area contributed by atoms with E-state index in [2.05, 4.69) is 37.2 Å². The van der Waals surface area contributed by atoms with Gasteiger partial charge in [-0.05, 0) is 54.4 Å². The summed E-state index contributed by atoms with van der Waals surface area (Å²) in [5.41, 5.74) is -0.395. The van der Waals surface area contributed by atoms with Gasteiger partial charge in [0.05, 0.1) is 29.9 Å². The first-order chi connectivity index (χ1) is 16.0. The lowest BCUT2D eigenvalue weighted by Gasteiger charge is -2.44. The van der Waals surface area contributed by atoms with Crippen molar-refractivity contribution in [2.24, 2.45) is 32.4 Å². The van der Waals surface area contributed by atoms with Crippen LogP contribution in [0, 0.1) is 33.8 Å². The van der Waals surface area contributed by atoms with E-state index >= 15 is 0 Å². The number of hydrogen-bond acceptors (Lipinski definition) is 4. The molecule has 1 aromatic rings. The highest BCUT2D eigenvalue weighted by Gasteiger charge is 2.58. The second kappa shape index (κ2) is 8.84. The number of allylic oxidation sites excluding steroid dienone is 2. The second-order valence-electron chi connectivity index (χ2n) is 10.7. The molecule has 182 valence electrons. The Morgan fingerprint density at radius 2 is 1.88 bits per heavy atom. The van der Waals surface area contributed by atoms with Crippen molar-refractivity contribution in [2.75, 3.05) is 26.3 Å². The quantitative estimate of drug-likeness (QED) is 0.371. The van der Waals surface area contributed by atoms with Crippen LogP contribution >= 0.6 is 0 Å². The van der Waals surface area contributed by atoms with Crippen LogP contribution in [-0.2, 0) is 9.53 Å². The predicted octanol–water partition coefficient (Wildman–Crippen LogP) is 6.15. The SMILES string of the molecule is C=CN=N/C(=C\C(=C)C1CC[C@](C)(C(=O)N2CCC3(COC3)C2)C1(C)C)c1c(F)cccc1F. The molecule has 2 heterocycles. The average Bonchev–Trinajstić information content (AvgIpc) is 3.31. The van der Waals surface area contributed by atoms with Crippen molar-refractivity contribution >= 4 is 11.6 Å². The van der Waals surface area contributed by atoms with Gasteiger partial charge < -0.3 is 9.64 Å². The largest absolute Gasteiger partial charge is 0.380 e. The summed E-state index contributed by atoms with van der Waals surface area (Å²) in [6.07, 6.45) is 5.25. The first-order valence-electron chi connectivity index (χ1n) is 11.8. The molecule has 0 radical (unpaired) electrons. The summed E-state index contributed by atoms with van der Waals surface area (Å²) in [6, 6.07) is 3.67. The van der Waals surface area contributed by atoms with Gasteiger partial charge in [0.15, 0.2) is 0 Å². The Morgan fingerprint density at radius 3 is 2.44 bits per heavy atom. The van der Waals surface area contributed by atoms with Crippen molar-refractivity contribution in [3.05, 3.63) is 66.4 Å². The first-order valence-corrected chi connectivity index (χ1v) is 11.8. The van der Waals surface area contributed by atoms with Crippen LogP contribution in [0.2, 0.25) is 0 Å². The Morgan fingerprint density at radius 1 is 1.21 bits per heavy atom. The number of carbonyl (C=O) groups is 1. The fourth-order valence-corrected chi connectivity index (χ4v) is 5.89. The first kappa shape index (κ1) is 24.5. The van der Waals surface area contributed by atoms with Gasteiger partial charge in [0.2, 0.25) is 5.91 Å². The minimum absolute atomic E-state index is 0.0442. The zero-order valence-electron chi connectivity index (χ0n) is 20.2. The van der Waals surface area contributed by atoms with Gasteiger partial charge in [-0.25, -0.2) is 8.78 Å². The van der Waals surface area contributed by atoms with Gasteiger partial charge in [-0.2, -0.15) is 10.2 Å². The number of azo groups is 1. The maximum atomic E-state index is 14.5. The van der Waals surface area contributed by atoms with Crippen LogP contribution in [0.3, 0.4) is 0 Å². The van der Waals surface area contributed by atoms with Crippen molar-refractivity contribution in [1.82, 2.24) is 4.90 Å². The monoisotopic (exact) mass is 469 g/mol. The van der Waals surface area contributed by atoms with E-state index in [-0.39, 0.29) is 28.5 Å². The van der Waals surface area contributed by atoms with Crippen LogP contribution in [0.15, 0.2) is 59.4 Å². The molecular formula is C27H33F2N3O2. The number of rotatable bonds is 6. The molecule has 5 nitrogen and oxygen atoms in total. The van der Waals surface area contributed by atoms with Gasteiger partial charge in [-0.1, -0.05) is 40.0 Å². The highest BCUT2D eigenvalue weighted by molar-refractivity contribution is 5.84. The summed E-state index contributed by atoms with van der Waals surface area (Å²) >= 11 is 0. The molecule has 1 aliphatic carbocycles. The van der Waals surface area contributed by atoms with Crippen molar-refractivity contribution in [2.45, 2.75) is 40.0 Å². The van der Waals surface area contributed by atoms with Gasteiger partial charge >= 0.3 is 0 Å². The maximum Gasteiger partial charge on any atom is 0.229 e. The number of amides is 1. The number of nitrogens with zero attached hydrogens (tertiary/aromatic N) is 3. The topological polar surface area (TPSA) is 54.3 Å². The van der Waals surface area contributed by atoms with E-state index in [0.717, 1.165) is 39.1 Å². The van der Waals surface area contributed by atoms with E-state index in [0.29, 0.717) is 12.0 Å². The number of benzene rings is 1. The van der Waals surface area contributed by atoms with E-state index in [1.165, 1.54) is 24.4 Å². The van der Waals surface area contributed by atoms with Crippen molar-refractivity contribution in [3.8, 4) is 0 Å². The van der Waals surface area contributed by atoms with Crippen LogP contribution in [0.4, 0.5) is 8.78 Å². The van der Waals surface area contributed by atoms with Crippen LogP contribution in [0.5, 0.6) is 0 Å². The number of ether oxygens (including phenoxy) is 1. The molecule has 1 aromatic carbocycles. The van der Waals surface area contributed by atoms with Crippen molar-refractivity contribution in [1.29, 1.82) is 0 Å².